The van der Waals surface area contributed by atoms with Crippen LogP contribution in [0.25, 0.3) is 39.0 Å². The van der Waals surface area contributed by atoms with Crippen molar-refractivity contribution in [3.8, 4) is 45.7 Å². The van der Waals surface area contributed by atoms with E-state index >= 15 is 0 Å². The number of allylic oxidation sites excluding steroid dienone is 4. The average molecular weight is 690 g/mol. The quantitative estimate of drug-likeness (QED) is 0.166. The summed E-state index contributed by atoms with van der Waals surface area (Å²) >= 11 is 0. The van der Waals surface area contributed by atoms with Crippen LogP contribution in [0.5, 0.6) is 0 Å². The third-order valence-corrected chi connectivity index (χ3v) is 12.2. The van der Waals surface area contributed by atoms with E-state index in [0.29, 0.717) is 0 Å². The molecule has 0 saturated heterocycles. The van der Waals surface area contributed by atoms with Gasteiger partial charge < -0.3 is 4.90 Å². The summed E-state index contributed by atoms with van der Waals surface area (Å²) in [4.78, 5) is 2.47. The minimum Gasteiger partial charge on any atom is -0.310 e. The molecule has 3 aliphatic rings. The van der Waals surface area contributed by atoms with Gasteiger partial charge in [0.15, 0.2) is 0 Å². The Kier molecular flexibility index (Phi) is 7.10. The van der Waals surface area contributed by atoms with Gasteiger partial charge in [-0.15, -0.1) is 6.42 Å². The second-order valence-corrected chi connectivity index (χ2v) is 15.1. The zero-order chi connectivity index (χ0) is 36.6. The van der Waals surface area contributed by atoms with Crippen LogP contribution in [0.15, 0.2) is 182 Å². The van der Waals surface area contributed by atoms with E-state index in [0.717, 1.165) is 22.6 Å². The van der Waals surface area contributed by atoms with Gasteiger partial charge in [0.05, 0.1) is 11.1 Å². The Morgan fingerprint density at radius 3 is 1.63 bits per heavy atom. The van der Waals surface area contributed by atoms with Crippen LogP contribution in [0.4, 0.5) is 17.1 Å². The van der Waals surface area contributed by atoms with Crippen LogP contribution in [-0.2, 0) is 10.8 Å². The van der Waals surface area contributed by atoms with Crippen molar-refractivity contribution in [2.45, 2.75) is 31.6 Å². The molecule has 0 radical (unpaired) electrons. The molecule has 0 atom stereocenters. The lowest BCUT2D eigenvalue weighted by Crippen LogP contribution is -2.26. The summed E-state index contributed by atoms with van der Waals surface area (Å²) in [5.41, 5.74) is 20.3. The van der Waals surface area contributed by atoms with Gasteiger partial charge in [-0.1, -0.05) is 159 Å². The molecule has 256 valence electrons. The Bertz CT molecular complexity index is 2720. The minimum atomic E-state index is -0.557. The average Bonchev–Trinajstić information content (AvgIpc) is 3.76. The van der Waals surface area contributed by atoms with E-state index in [1.165, 1.54) is 72.3 Å². The van der Waals surface area contributed by atoms with Crippen LogP contribution in [0.1, 0.15) is 54.2 Å². The van der Waals surface area contributed by atoms with Crippen molar-refractivity contribution in [3.05, 3.63) is 215 Å². The molecular weight excluding hydrogens is 651 g/mol. The summed E-state index contributed by atoms with van der Waals surface area (Å²) in [6.45, 7) is 6.85. The molecule has 1 nitrogen and oxygen atoms in total. The Hall–Kier alpha value is -6.62. The monoisotopic (exact) mass is 689 g/mol. The fourth-order valence-electron chi connectivity index (χ4n) is 9.89. The van der Waals surface area contributed by atoms with Crippen molar-refractivity contribution < 1.29 is 0 Å². The van der Waals surface area contributed by atoms with Gasteiger partial charge in [-0.2, -0.15) is 0 Å². The molecule has 0 amide bonds. The van der Waals surface area contributed by atoms with Gasteiger partial charge in [0, 0.05) is 22.4 Å². The highest BCUT2D eigenvalue weighted by Crippen LogP contribution is 2.64. The zero-order valence-electron chi connectivity index (χ0n) is 30.8. The molecule has 0 saturated carbocycles. The molecule has 1 heteroatoms. The lowest BCUT2D eigenvalue weighted by molar-refractivity contribution is 0.660. The lowest BCUT2D eigenvalue weighted by atomic mass is 9.70. The third-order valence-electron chi connectivity index (χ3n) is 12.2. The van der Waals surface area contributed by atoms with Crippen LogP contribution in [-0.4, -0.2) is 0 Å². The summed E-state index contributed by atoms with van der Waals surface area (Å²) in [6.07, 6.45) is 10.4. The highest BCUT2D eigenvalue weighted by molar-refractivity contribution is 6.01. The van der Waals surface area contributed by atoms with E-state index in [2.05, 4.69) is 201 Å². The first-order valence-corrected chi connectivity index (χ1v) is 18.8. The third kappa shape index (κ3) is 4.29. The second-order valence-electron chi connectivity index (χ2n) is 15.1. The molecule has 10 rings (SSSR count). The number of hydrogen-bond acceptors (Lipinski definition) is 1. The molecule has 0 N–H and O–H groups in total. The lowest BCUT2D eigenvalue weighted by Gasteiger charge is -2.33. The van der Waals surface area contributed by atoms with Crippen molar-refractivity contribution in [3.63, 3.8) is 0 Å². The number of hydrogen-bond donors (Lipinski definition) is 0. The van der Waals surface area contributed by atoms with Crippen LogP contribution in [0, 0.1) is 12.3 Å². The first kappa shape index (κ1) is 32.1. The topological polar surface area (TPSA) is 3.24 Å². The van der Waals surface area contributed by atoms with Gasteiger partial charge in [0.2, 0.25) is 0 Å². The van der Waals surface area contributed by atoms with Crippen molar-refractivity contribution in [1.29, 1.82) is 0 Å². The summed E-state index contributed by atoms with van der Waals surface area (Å²) in [5, 5.41) is 0. The van der Waals surface area contributed by atoms with E-state index in [1.807, 2.05) is 6.08 Å². The van der Waals surface area contributed by atoms with Gasteiger partial charge in [0.25, 0.3) is 0 Å². The number of para-hydroxylation sites is 1. The first-order valence-electron chi connectivity index (χ1n) is 18.8. The zero-order valence-corrected chi connectivity index (χ0v) is 30.8. The number of anilines is 3. The Balaban J connectivity index is 1.27. The van der Waals surface area contributed by atoms with E-state index in [4.69, 9.17) is 6.42 Å². The molecule has 3 aliphatic carbocycles. The van der Waals surface area contributed by atoms with Crippen molar-refractivity contribution >= 4 is 22.6 Å². The smallest absolute Gasteiger partial charge is 0.0732 e. The standard InChI is InChI=1S/C53H39N/c1-5-18-46-38(6-2)43-31-29-37(34-50(43)53(46)47-26-15-11-23-41(47)42-24-12-16-27-48(42)53)54(51-28-17-13-21-39(51)35-19-8-7-9-20-35)36-30-32-44-40-22-10-14-25-45(40)52(3,4)49(44)33-36/h1,6-34H,2-4H3/b38-6-,46-18?. The van der Waals surface area contributed by atoms with E-state index in [1.54, 1.807) is 0 Å². The first-order chi connectivity index (χ1) is 26.5. The van der Waals surface area contributed by atoms with Gasteiger partial charge in [-0.3, -0.25) is 0 Å². The predicted octanol–water partition coefficient (Wildman–Crippen LogP) is 13.4. The Labute approximate surface area is 318 Å². The molecule has 54 heavy (non-hydrogen) atoms. The number of fused-ring (bicyclic) bond motifs is 10. The fraction of sp³-hybridized carbons (Fsp3) is 0.0943. The number of nitrogens with zero attached hydrogens (tertiary/aromatic N) is 1. The molecule has 0 heterocycles. The highest BCUT2D eigenvalue weighted by atomic mass is 15.1. The fourth-order valence-corrected chi connectivity index (χ4v) is 9.89. The van der Waals surface area contributed by atoms with E-state index in [9.17, 15) is 0 Å². The highest BCUT2D eigenvalue weighted by Gasteiger charge is 2.53. The molecule has 1 spiro atoms. The van der Waals surface area contributed by atoms with Gasteiger partial charge in [-0.05, 0) is 116 Å². The minimum absolute atomic E-state index is 0.137. The SMILES string of the molecule is C#CC=C1/C(=C\C)c2ccc(N(c3ccc4c(c3)C(C)(C)c3ccccc3-4)c3ccccc3-c3ccccc3)cc2C12c1ccccc1-c1ccccc12. The molecule has 7 aromatic carbocycles. The summed E-state index contributed by atoms with van der Waals surface area (Å²) in [5.74, 6) is 2.96. The van der Waals surface area contributed by atoms with E-state index in [-0.39, 0.29) is 5.41 Å². The predicted molar refractivity (Wildman–Crippen MR) is 226 cm³/mol. The van der Waals surface area contributed by atoms with Crippen molar-refractivity contribution in [1.82, 2.24) is 0 Å². The second kappa shape index (κ2) is 12.0. The molecule has 0 aliphatic heterocycles. The molecule has 0 unspecified atom stereocenters. The van der Waals surface area contributed by atoms with Crippen molar-refractivity contribution in [2.75, 3.05) is 4.90 Å². The Morgan fingerprint density at radius 2 is 1.00 bits per heavy atom. The van der Waals surface area contributed by atoms with Gasteiger partial charge in [0.1, 0.15) is 0 Å². The summed E-state index contributed by atoms with van der Waals surface area (Å²) in [6, 6.07) is 60.4. The molecule has 0 bridgehead atoms. The number of terminal acetylenes is 1. The Morgan fingerprint density at radius 1 is 0.500 bits per heavy atom. The molecular formula is C53H39N. The van der Waals surface area contributed by atoms with E-state index < -0.39 is 5.41 Å². The van der Waals surface area contributed by atoms with Crippen LogP contribution in [0.2, 0.25) is 0 Å². The maximum Gasteiger partial charge on any atom is 0.0732 e. The summed E-state index contributed by atoms with van der Waals surface area (Å²) in [7, 11) is 0. The molecule has 0 fully saturated rings. The molecule has 7 aromatic rings. The normalized spacial score (nSPS) is 16.4. The van der Waals surface area contributed by atoms with Crippen molar-refractivity contribution in [2.24, 2.45) is 0 Å². The maximum absolute atomic E-state index is 6.19. The molecule has 0 aromatic heterocycles. The number of rotatable bonds is 4. The summed E-state index contributed by atoms with van der Waals surface area (Å²) < 4.78 is 0. The van der Waals surface area contributed by atoms with Crippen LogP contribution < -0.4 is 4.90 Å². The van der Waals surface area contributed by atoms with Gasteiger partial charge >= 0.3 is 0 Å². The maximum atomic E-state index is 6.19. The largest absolute Gasteiger partial charge is 0.310 e. The van der Waals surface area contributed by atoms with Gasteiger partial charge in [-0.25, -0.2) is 0 Å². The van der Waals surface area contributed by atoms with Crippen LogP contribution in [0.3, 0.4) is 0 Å². The van der Waals surface area contributed by atoms with Crippen LogP contribution >= 0.6 is 0 Å². The number of benzene rings is 7.